The van der Waals surface area contributed by atoms with Crippen LogP contribution in [0, 0.1) is 0 Å². The van der Waals surface area contributed by atoms with E-state index in [0.717, 1.165) is 11.8 Å². The lowest BCUT2D eigenvalue weighted by molar-refractivity contribution is -0.117. The van der Waals surface area contributed by atoms with E-state index in [1.807, 2.05) is 18.2 Å². The lowest BCUT2D eigenvalue weighted by Gasteiger charge is -2.16. The first-order chi connectivity index (χ1) is 11.8. The Bertz CT molecular complexity index is 834. The van der Waals surface area contributed by atoms with Crippen molar-refractivity contribution in [1.82, 2.24) is 4.90 Å². The van der Waals surface area contributed by atoms with Crippen LogP contribution in [0.4, 0.5) is 5.69 Å². The van der Waals surface area contributed by atoms with Gasteiger partial charge >= 0.3 is 0 Å². The summed E-state index contributed by atoms with van der Waals surface area (Å²) in [6.07, 6.45) is 3.17. The van der Waals surface area contributed by atoms with Crippen molar-refractivity contribution in [2.45, 2.75) is 16.3 Å². The Morgan fingerprint density at radius 3 is 2.44 bits per heavy atom. The lowest BCUT2D eigenvalue weighted by atomic mass is 10.2. The van der Waals surface area contributed by atoms with Gasteiger partial charge in [-0.2, -0.15) is 0 Å². The summed E-state index contributed by atoms with van der Waals surface area (Å²) < 4.78 is 23.2. The molecule has 1 amide bonds. The fraction of sp³-hybridized carbons (Fsp3) is 0.278. The molecule has 0 bridgehead atoms. The van der Waals surface area contributed by atoms with Crippen molar-refractivity contribution in [3.63, 3.8) is 0 Å². The first-order valence-electron chi connectivity index (χ1n) is 7.69. The zero-order valence-corrected chi connectivity index (χ0v) is 16.2. The van der Waals surface area contributed by atoms with Gasteiger partial charge in [0, 0.05) is 23.4 Å². The second-order valence-electron chi connectivity index (χ2n) is 5.87. The van der Waals surface area contributed by atoms with Gasteiger partial charge in [-0.25, -0.2) is 8.42 Å². The van der Waals surface area contributed by atoms with Crippen LogP contribution in [0.2, 0.25) is 0 Å². The third kappa shape index (κ3) is 6.19. The van der Waals surface area contributed by atoms with Gasteiger partial charge in [-0.3, -0.25) is 9.69 Å². The highest BCUT2D eigenvalue weighted by Crippen LogP contribution is 2.16. The van der Waals surface area contributed by atoms with Crippen molar-refractivity contribution >= 4 is 33.2 Å². The first-order valence-corrected chi connectivity index (χ1v) is 10.8. The van der Waals surface area contributed by atoms with Gasteiger partial charge in [0.25, 0.3) is 0 Å². The number of likely N-dealkylation sites (N-methyl/N-ethyl adjacent to an activating group) is 1. The summed E-state index contributed by atoms with van der Waals surface area (Å²) in [5.74, 6) is -0.186. The fourth-order valence-corrected chi connectivity index (χ4v) is 3.42. The molecule has 0 heterocycles. The molecule has 0 saturated heterocycles. The zero-order chi connectivity index (χ0) is 18.4. The standard InChI is InChI=1S/C18H22N2O3S2/c1-20(12-14-7-9-16(24-2)10-8-14)13-18(21)19-15-5-4-6-17(11-15)25(3,22)23/h4-11H,12-13H2,1-3H3,(H,19,21). The van der Waals surface area contributed by atoms with Gasteiger partial charge in [-0.05, 0) is 49.2 Å². The van der Waals surface area contributed by atoms with Crippen LogP contribution in [-0.2, 0) is 21.2 Å². The normalized spacial score (nSPS) is 11.5. The van der Waals surface area contributed by atoms with Crippen molar-refractivity contribution in [1.29, 1.82) is 0 Å². The Labute approximate surface area is 153 Å². The average Bonchev–Trinajstić information content (AvgIpc) is 2.54. The van der Waals surface area contributed by atoms with Crippen LogP contribution in [0.15, 0.2) is 58.3 Å². The minimum Gasteiger partial charge on any atom is -0.325 e. The maximum atomic E-state index is 12.2. The number of hydrogen-bond donors (Lipinski definition) is 1. The zero-order valence-electron chi connectivity index (χ0n) is 14.5. The molecule has 2 aromatic carbocycles. The second kappa shape index (κ2) is 8.51. The third-order valence-electron chi connectivity index (χ3n) is 3.57. The second-order valence-corrected chi connectivity index (χ2v) is 8.76. The van der Waals surface area contributed by atoms with Crippen molar-refractivity contribution < 1.29 is 13.2 Å². The number of carbonyl (C=O) groups excluding carboxylic acids is 1. The molecule has 0 radical (unpaired) electrons. The number of nitrogens with one attached hydrogen (secondary N) is 1. The molecule has 0 unspecified atom stereocenters. The van der Waals surface area contributed by atoms with Crippen LogP contribution < -0.4 is 5.32 Å². The number of amides is 1. The van der Waals surface area contributed by atoms with E-state index in [4.69, 9.17) is 0 Å². The molecule has 0 aromatic heterocycles. The number of sulfone groups is 1. The van der Waals surface area contributed by atoms with Crippen molar-refractivity contribution in [3.8, 4) is 0 Å². The van der Waals surface area contributed by atoms with Gasteiger partial charge in [-0.15, -0.1) is 11.8 Å². The fourth-order valence-electron chi connectivity index (χ4n) is 2.35. The monoisotopic (exact) mass is 378 g/mol. The maximum absolute atomic E-state index is 12.2. The third-order valence-corrected chi connectivity index (χ3v) is 5.42. The topological polar surface area (TPSA) is 66.5 Å². The van der Waals surface area contributed by atoms with E-state index in [1.165, 1.54) is 17.0 Å². The molecule has 0 aliphatic heterocycles. The van der Waals surface area contributed by atoms with Crippen LogP contribution >= 0.6 is 11.8 Å². The quantitative estimate of drug-likeness (QED) is 0.751. The van der Waals surface area contributed by atoms with Gasteiger partial charge in [-0.1, -0.05) is 18.2 Å². The Kier molecular flexibility index (Phi) is 6.64. The molecule has 0 saturated carbocycles. The van der Waals surface area contributed by atoms with E-state index >= 15 is 0 Å². The number of benzene rings is 2. The van der Waals surface area contributed by atoms with Crippen molar-refractivity contribution in [2.75, 3.05) is 31.4 Å². The van der Waals surface area contributed by atoms with E-state index in [-0.39, 0.29) is 17.3 Å². The first kappa shape index (κ1) is 19.5. The van der Waals surface area contributed by atoms with Gasteiger partial charge in [0.2, 0.25) is 5.91 Å². The van der Waals surface area contributed by atoms with Crippen LogP contribution in [0.1, 0.15) is 5.56 Å². The molecule has 5 nitrogen and oxygen atoms in total. The highest BCUT2D eigenvalue weighted by atomic mass is 32.2. The Balaban J connectivity index is 1.93. The number of rotatable bonds is 7. The summed E-state index contributed by atoms with van der Waals surface area (Å²) in [5, 5.41) is 2.74. The summed E-state index contributed by atoms with van der Waals surface area (Å²) in [5.41, 5.74) is 1.61. The van der Waals surface area contributed by atoms with E-state index in [0.29, 0.717) is 12.2 Å². The summed E-state index contributed by atoms with van der Waals surface area (Å²) in [6.45, 7) is 0.874. The summed E-state index contributed by atoms with van der Waals surface area (Å²) in [6, 6.07) is 14.5. The Hall–Kier alpha value is -1.83. The minimum absolute atomic E-state index is 0.186. The molecule has 1 N–H and O–H groups in total. The predicted octanol–water partition coefficient (Wildman–Crippen LogP) is 2.88. The van der Waals surface area contributed by atoms with Crippen molar-refractivity contribution in [3.05, 3.63) is 54.1 Å². The summed E-state index contributed by atoms with van der Waals surface area (Å²) in [4.78, 5) is 15.5. The van der Waals surface area contributed by atoms with Crippen LogP contribution in [0.25, 0.3) is 0 Å². The maximum Gasteiger partial charge on any atom is 0.238 e. The minimum atomic E-state index is -3.29. The van der Waals surface area contributed by atoms with Gasteiger partial charge in [0.05, 0.1) is 11.4 Å². The number of anilines is 1. The van der Waals surface area contributed by atoms with Crippen molar-refractivity contribution in [2.24, 2.45) is 0 Å². The molecular formula is C18H22N2O3S2. The SMILES string of the molecule is CSc1ccc(CN(C)CC(=O)Nc2cccc(S(C)(=O)=O)c2)cc1. The molecule has 25 heavy (non-hydrogen) atoms. The molecule has 7 heteroatoms. The number of nitrogens with zero attached hydrogens (tertiary/aromatic N) is 1. The largest absolute Gasteiger partial charge is 0.325 e. The molecule has 0 spiro atoms. The molecule has 0 aliphatic carbocycles. The molecule has 0 atom stereocenters. The molecule has 2 rings (SSSR count). The highest BCUT2D eigenvalue weighted by molar-refractivity contribution is 7.98. The molecule has 0 fully saturated rings. The van der Waals surface area contributed by atoms with Crippen LogP contribution in [0.3, 0.4) is 0 Å². The smallest absolute Gasteiger partial charge is 0.238 e. The summed E-state index contributed by atoms with van der Waals surface area (Å²) >= 11 is 1.69. The van der Waals surface area contributed by atoms with E-state index in [1.54, 1.807) is 23.9 Å². The van der Waals surface area contributed by atoms with Crippen LogP contribution in [0.5, 0.6) is 0 Å². The lowest BCUT2D eigenvalue weighted by Crippen LogP contribution is -2.29. The number of hydrogen-bond acceptors (Lipinski definition) is 5. The van der Waals surface area contributed by atoms with E-state index < -0.39 is 9.84 Å². The number of carbonyl (C=O) groups is 1. The molecule has 2 aromatic rings. The van der Waals surface area contributed by atoms with E-state index in [9.17, 15) is 13.2 Å². The molecule has 134 valence electrons. The molecular weight excluding hydrogens is 356 g/mol. The van der Waals surface area contributed by atoms with Gasteiger partial charge in [0.1, 0.15) is 0 Å². The number of thioether (sulfide) groups is 1. The highest BCUT2D eigenvalue weighted by Gasteiger charge is 2.11. The van der Waals surface area contributed by atoms with Gasteiger partial charge in [0.15, 0.2) is 9.84 Å². The Morgan fingerprint density at radius 2 is 1.84 bits per heavy atom. The predicted molar refractivity (Wildman–Crippen MR) is 103 cm³/mol. The Morgan fingerprint density at radius 1 is 1.16 bits per heavy atom. The van der Waals surface area contributed by atoms with E-state index in [2.05, 4.69) is 29.6 Å². The van der Waals surface area contributed by atoms with Crippen LogP contribution in [-0.4, -0.2) is 45.3 Å². The molecule has 0 aliphatic rings. The van der Waals surface area contributed by atoms with Gasteiger partial charge < -0.3 is 5.32 Å². The average molecular weight is 379 g/mol. The summed E-state index contributed by atoms with van der Waals surface area (Å²) in [7, 11) is -1.42.